The lowest BCUT2D eigenvalue weighted by Crippen LogP contribution is -2.45. The number of hydrogen-bond acceptors (Lipinski definition) is 7. The number of hydrogen-bond donors (Lipinski definition) is 3. The van der Waals surface area contributed by atoms with Crippen molar-refractivity contribution in [3.05, 3.63) is 18.2 Å². The highest BCUT2D eigenvalue weighted by Gasteiger charge is 2.28. The van der Waals surface area contributed by atoms with E-state index in [1.54, 1.807) is 27.1 Å². The van der Waals surface area contributed by atoms with Crippen LogP contribution >= 0.6 is 0 Å². The molecule has 0 bridgehead atoms. The molecular formula is C15H22N4O5. The van der Waals surface area contributed by atoms with Crippen LogP contribution in [-0.2, 0) is 26.2 Å². The molecule has 1 amide bonds. The largest absolute Gasteiger partial charge is 0.461 e. The van der Waals surface area contributed by atoms with Crippen LogP contribution < -0.4 is 5.32 Å². The van der Waals surface area contributed by atoms with Gasteiger partial charge in [-0.1, -0.05) is 0 Å². The van der Waals surface area contributed by atoms with Gasteiger partial charge < -0.3 is 25.1 Å². The fraction of sp³-hybridized carbons (Fsp3) is 0.533. The van der Waals surface area contributed by atoms with Gasteiger partial charge in [-0.25, -0.2) is 9.78 Å². The molecule has 9 nitrogen and oxygen atoms in total. The van der Waals surface area contributed by atoms with Crippen molar-refractivity contribution in [2.45, 2.75) is 44.9 Å². The van der Waals surface area contributed by atoms with Crippen LogP contribution in [0.2, 0.25) is 0 Å². The standard InChI is InChI=1S/C15H22N4O5/c1-9(2)24-15(23)11(5-4-10(20)8-16)18-14(22)12(21)13-17-6-7-19(13)3/h6-9,11-12,16,21H,4-5H2,1-3H3,(H,18,22)/t11-,12+/m0/s1. The molecule has 0 aliphatic carbocycles. The maximum atomic E-state index is 12.2. The van der Waals surface area contributed by atoms with Crippen LogP contribution in [0.15, 0.2) is 12.4 Å². The van der Waals surface area contributed by atoms with Gasteiger partial charge in [-0.15, -0.1) is 0 Å². The number of ketones is 1. The molecule has 1 heterocycles. The zero-order valence-corrected chi connectivity index (χ0v) is 13.9. The minimum Gasteiger partial charge on any atom is -0.461 e. The molecule has 9 heteroatoms. The lowest BCUT2D eigenvalue weighted by atomic mass is 10.1. The van der Waals surface area contributed by atoms with Gasteiger partial charge in [0.1, 0.15) is 11.9 Å². The summed E-state index contributed by atoms with van der Waals surface area (Å²) < 4.78 is 6.53. The molecule has 2 atom stereocenters. The fourth-order valence-electron chi connectivity index (χ4n) is 1.93. The summed E-state index contributed by atoms with van der Waals surface area (Å²) in [6.45, 7) is 3.31. The number of carbonyl (C=O) groups is 3. The van der Waals surface area contributed by atoms with Gasteiger partial charge in [-0.2, -0.15) is 0 Å². The number of aliphatic hydroxyl groups excluding tert-OH is 1. The van der Waals surface area contributed by atoms with Gasteiger partial charge in [0.2, 0.25) is 0 Å². The Morgan fingerprint density at radius 1 is 1.46 bits per heavy atom. The first-order chi connectivity index (χ1) is 11.3. The molecule has 0 saturated carbocycles. The van der Waals surface area contributed by atoms with Crippen molar-refractivity contribution in [3.63, 3.8) is 0 Å². The zero-order valence-electron chi connectivity index (χ0n) is 13.9. The molecule has 1 aromatic rings. The number of amides is 1. The maximum Gasteiger partial charge on any atom is 0.328 e. The maximum absolute atomic E-state index is 12.2. The molecule has 1 aromatic heterocycles. The molecule has 0 aliphatic heterocycles. The number of Topliss-reactive ketones (excluding diaryl/α,β-unsaturated/α-hetero) is 1. The van der Waals surface area contributed by atoms with Crippen LogP contribution in [0.5, 0.6) is 0 Å². The SMILES string of the molecule is CC(C)OC(=O)[C@H](CCC(=O)C=N)NC(=O)[C@H](O)c1nccn1C. The predicted molar refractivity (Wildman–Crippen MR) is 84.4 cm³/mol. The highest BCUT2D eigenvalue weighted by atomic mass is 16.5. The van der Waals surface area contributed by atoms with E-state index in [0.717, 1.165) is 0 Å². The molecular weight excluding hydrogens is 316 g/mol. The predicted octanol–water partition coefficient (Wildman–Crippen LogP) is -0.111. The minimum absolute atomic E-state index is 0.0290. The number of carbonyl (C=O) groups excluding carboxylic acids is 3. The third kappa shape index (κ3) is 5.58. The van der Waals surface area contributed by atoms with E-state index in [2.05, 4.69) is 10.3 Å². The molecule has 0 spiro atoms. The van der Waals surface area contributed by atoms with Crippen LogP contribution in [0.1, 0.15) is 38.6 Å². The number of aliphatic hydroxyl groups is 1. The first-order valence-electron chi connectivity index (χ1n) is 7.45. The molecule has 0 saturated heterocycles. The summed E-state index contributed by atoms with van der Waals surface area (Å²) in [5, 5.41) is 19.3. The molecule has 0 fully saturated rings. The number of imidazole rings is 1. The van der Waals surface area contributed by atoms with Crippen LogP contribution in [-0.4, -0.2) is 50.7 Å². The molecule has 0 unspecified atom stereocenters. The van der Waals surface area contributed by atoms with Gasteiger partial charge in [0.15, 0.2) is 11.9 Å². The summed E-state index contributed by atoms with van der Waals surface area (Å²) >= 11 is 0. The number of rotatable bonds is 9. The molecule has 132 valence electrons. The smallest absolute Gasteiger partial charge is 0.328 e. The molecule has 0 radical (unpaired) electrons. The van der Waals surface area contributed by atoms with E-state index >= 15 is 0 Å². The van der Waals surface area contributed by atoms with Crippen molar-refractivity contribution in [1.29, 1.82) is 5.41 Å². The van der Waals surface area contributed by atoms with E-state index in [-0.39, 0.29) is 18.7 Å². The lowest BCUT2D eigenvalue weighted by Gasteiger charge is -2.20. The number of aromatic nitrogens is 2. The fourth-order valence-corrected chi connectivity index (χ4v) is 1.93. The lowest BCUT2D eigenvalue weighted by molar-refractivity contribution is -0.152. The molecule has 0 aliphatic rings. The third-order valence-electron chi connectivity index (χ3n) is 3.14. The number of nitrogens with one attached hydrogen (secondary N) is 2. The second kappa shape index (κ2) is 8.92. The van der Waals surface area contributed by atoms with Gasteiger partial charge in [0.05, 0.1) is 12.3 Å². The monoisotopic (exact) mass is 338 g/mol. The van der Waals surface area contributed by atoms with Crippen LogP contribution in [0.4, 0.5) is 0 Å². The summed E-state index contributed by atoms with van der Waals surface area (Å²) in [7, 11) is 1.62. The van der Waals surface area contributed by atoms with Gasteiger partial charge in [0.25, 0.3) is 5.91 Å². The summed E-state index contributed by atoms with van der Waals surface area (Å²) in [5.74, 6) is -1.88. The first-order valence-corrected chi connectivity index (χ1v) is 7.45. The van der Waals surface area contributed by atoms with E-state index < -0.39 is 35.9 Å². The Hall–Kier alpha value is -2.55. The zero-order chi connectivity index (χ0) is 18.3. The first kappa shape index (κ1) is 19.5. The minimum atomic E-state index is -1.56. The van der Waals surface area contributed by atoms with Gasteiger partial charge in [-0.05, 0) is 20.3 Å². The number of esters is 1. The molecule has 24 heavy (non-hydrogen) atoms. The average molecular weight is 338 g/mol. The van der Waals surface area contributed by atoms with Crippen molar-refractivity contribution in [1.82, 2.24) is 14.9 Å². The number of nitrogens with zero attached hydrogens (tertiary/aromatic N) is 2. The van der Waals surface area contributed by atoms with Crippen LogP contribution in [0.25, 0.3) is 0 Å². The highest BCUT2D eigenvalue weighted by molar-refractivity contribution is 6.26. The Labute approximate surface area is 139 Å². The number of ether oxygens (including phenoxy) is 1. The van der Waals surface area contributed by atoms with Crippen molar-refractivity contribution in [2.75, 3.05) is 0 Å². The molecule has 1 rings (SSSR count). The molecule has 3 N–H and O–H groups in total. The topological polar surface area (TPSA) is 134 Å². The Kier molecular flexibility index (Phi) is 7.25. The van der Waals surface area contributed by atoms with E-state index in [1.165, 1.54) is 10.8 Å². The normalized spacial score (nSPS) is 13.2. The molecule has 0 aromatic carbocycles. The van der Waals surface area contributed by atoms with E-state index in [0.29, 0.717) is 6.21 Å². The number of aryl methyl sites for hydroxylation is 1. The van der Waals surface area contributed by atoms with Crippen molar-refractivity contribution < 1.29 is 24.2 Å². The van der Waals surface area contributed by atoms with E-state index in [4.69, 9.17) is 10.1 Å². The Balaban J connectivity index is 2.80. The average Bonchev–Trinajstić information content (AvgIpc) is 2.95. The highest BCUT2D eigenvalue weighted by Crippen LogP contribution is 2.11. The third-order valence-corrected chi connectivity index (χ3v) is 3.14. The summed E-state index contributed by atoms with van der Waals surface area (Å²) in [6.07, 6.45) is 1.57. The van der Waals surface area contributed by atoms with E-state index in [1.807, 2.05) is 0 Å². The van der Waals surface area contributed by atoms with Crippen LogP contribution in [0, 0.1) is 5.41 Å². The quantitative estimate of drug-likeness (QED) is 0.425. The van der Waals surface area contributed by atoms with Crippen molar-refractivity contribution >= 4 is 23.9 Å². The van der Waals surface area contributed by atoms with Crippen LogP contribution in [0.3, 0.4) is 0 Å². The Morgan fingerprint density at radius 3 is 2.62 bits per heavy atom. The van der Waals surface area contributed by atoms with Crippen molar-refractivity contribution in [2.24, 2.45) is 7.05 Å². The second-order valence-electron chi connectivity index (χ2n) is 5.50. The van der Waals surface area contributed by atoms with E-state index in [9.17, 15) is 19.5 Å². The van der Waals surface area contributed by atoms with Gasteiger partial charge >= 0.3 is 5.97 Å². The Bertz CT molecular complexity index is 611. The summed E-state index contributed by atoms with van der Waals surface area (Å²) in [6, 6.07) is -1.10. The summed E-state index contributed by atoms with van der Waals surface area (Å²) in [5.41, 5.74) is 0. The van der Waals surface area contributed by atoms with Gasteiger partial charge in [-0.3, -0.25) is 9.59 Å². The van der Waals surface area contributed by atoms with Crippen molar-refractivity contribution in [3.8, 4) is 0 Å². The second-order valence-corrected chi connectivity index (χ2v) is 5.50. The Morgan fingerprint density at radius 2 is 2.12 bits per heavy atom. The van der Waals surface area contributed by atoms with Gasteiger partial charge in [0, 0.05) is 25.9 Å². The summed E-state index contributed by atoms with van der Waals surface area (Å²) in [4.78, 5) is 39.3.